The van der Waals surface area contributed by atoms with Gasteiger partial charge in [0.15, 0.2) is 0 Å². The van der Waals surface area contributed by atoms with Crippen LogP contribution in [0.3, 0.4) is 0 Å². The summed E-state index contributed by atoms with van der Waals surface area (Å²) in [4.78, 5) is 10.5. The molecule has 0 radical (unpaired) electrons. The van der Waals surface area contributed by atoms with Gasteiger partial charge in [0.2, 0.25) is 0 Å². The van der Waals surface area contributed by atoms with E-state index in [9.17, 15) is 10.1 Å². The maximum atomic E-state index is 11.0. The first-order valence-corrected chi connectivity index (χ1v) is 10.5. The molecule has 154 valence electrons. The molecule has 1 fully saturated rings. The third-order valence-electron chi connectivity index (χ3n) is 6.95. The predicted molar refractivity (Wildman–Crippen MR) is 116 cm³/mol. The highest BCUT2D eigenvalue weighted by Gasteiger charge is 2.45. The molecule has 2 aromatic rings. The lowest BCUT2D eigenvalue weighted by Crippen LogP contribution is -2.43. The molecule has 2 atom stereocenters. The first-order chi connectivity index (χ1) is 14.0. The van der Waals surface area contributed by atoms with Crippen molar-refractivity contribution in [2.45, 2.75) is 50.4 Å². The van der Waals surface area contributed by atoms with Crippen LogP contribution in [0.15, 0.2) is 36.4 Å². The maximum absolute atomic E-state index is 11.0. The fourth-order valence-electron chi connectivity index (χ4n) is 5.51. The third-order valence-corrected chi connectivity index (χ3v) is 6.95. The molecule has 29 heavy (non-hydrogen) atoms. The topological polar surface area (TPSA) is 90.4 Å². The molecule has 2 aliphatic rings. The standard InChI is InChI=1S/C23H29N3O3/c1-29-19-9-6-16-5-7-17-4-2-3-11-23(17,20(16)15-19)12-13-25-18-8-10-22(26(27)28)21(24)14-18/h6,8-10,14-15,17,25H,2-5,7,11-13,24H2,1H3/t17?,23-/m0/s1. The first kappa shape index (κ1) is 19.6. The van der Waals surface area contributed by atoms with E-state index in [1.807, 2.05) is 0 Å². The van der Waals surface area contributed by atoms with Gasteiger partial charge in [0.05, 0.1) is 12.0 Å². The number of aryl methyl sites for hydroxylation is 1. The minimum atomic E-state index is -0.447. The Morgan fingerprint density at radius 3 is 2.86 bits per heavy atom. The Bertz CT molecular complexity index is 914. The predicted octanol–water partition coefficient (Wildman–Crippen LogP) is 5.06. The Balaban J connectivity index is 1.56. The smallest absolute Gasteiger partial charge is 0.292 e. The van der Waals surface area contributed by atoms with Crippen LogP contribution in [-0.2, 0) is 11.8 Å². The van der Waals surface area contributed by atoms with E-state index in [-0.39, 0.29) is 16.8 Å². The van der Waals surface area contributed by atoms with Crippen molar-refractivity contribution in [2.75, 3.05) is 24.7 Å². The highest BCUT2D eigenvalue weighted by Crippen LogP contribution is 2.52. The van der Waals surface area contributed by atoms with E-state index in [4.69, 9.17) is 10.5 Å². The third kappa shape index (κ3) is 3.63. The molecule has 2 aromatic carbocycles. The van der Waals surface area contributed by atoms with Crippen molar-refractivity contribution < 1.29 is 9.66 Å². The lowest BCUT2D eigenvalue weighted by molar-refractivity contribution is -0.383. The Morgan fingerprint density at radius 1 is 1.24 bits per heavy atom. The number of hydrogen-bond donors (Lipinski definition) is 2. The van der Waals surface area contributed by atoms with Crippen LogP contribution in [0.5, 0.6) is 5.75 Å². The number of hydrogen-bond acceptors (Lipinski definition) is 5. The molecule has 4 rings (SSSR count). The lowest BCUT2D eigenvalue weighted by Gasteiger charge is -2.49. The largest absolute Gasteiger partial charge is 0.497 e. The van der Waals surface area contributed by atoms with Crippen LogP contribution in [0.2, 0.25) is 0 Å². The Kier molecular flexibility index (Phi) is 5.35. The number of nitrogens with two attached hydrogens (primary N) is 1. The molecule has 0 amide bonds. The molecule has 0 saturated heterocycles. The van der Waals surface area contributed by atoms with Gasteiger partial charge in [-0.1, -0.05) is 18.9 Å². The normalized spacial score (nSPS) is 23.0. The number of nitrogens with zero attached hydrogens (tertiary/aromatic N) is 1. The van der Waals surface area contributed by atoms with Crippen molar-refractivity contribution >= 4 is 17.1 Å². The van der Waals surface area contributed by atoms with E-state index in [2.05, 4.69) is 23.5 Å². The highest BCUT2D eigenvalue weighted by molar-refractivity contribution is 5.65. The molecular formula is C23H29N3O3. The zero-order chi connectivity index (χ0) is 20.4. The molecule has 2 aliphatic carbocycles. The number of nitro groups is 1. The van der Waals surface area contributed by atoms with E-state index < -0.39 is 4.92 Å². The van der Waals surface area contributed by atoms with Crippen LogP contribution < -0.4 is 15.8 Å². The molecule has 6 heteroatoms. The van der Waals surface area contributed by atoms with E-state index in [1.54, 1.807) is 19.2 Å². The van der Waals surface area contributed by atoms with E-state index in [0.29, 0.717) is 5.92 Å². The van der Waals surface area contributed by atoms with Crippen LogP contribution >= 0.6 is 0 Å². The first-order valence-electron chi connectivity index (χ1n) is 10.5. The number of anilines is 2. The summed E-state index contributed by atoms with van der Waals surface area (Å²) >= 11 is 0. The van der Waals surface area contributed by atoms with Crippen molar-refractivity contribution in [3.63, 3.8) is 0 Å². The van der Waals surface area contributed by atoms with Crippen molar-refractivity contribution in [3.8, 4) is 5.75 Å². The molecule has 0 spiro atoms. The molecule has 0 aromatic heterocycles. The van der Waals surface area contributed by atoms with Gasteiger partial charge >= 0.3 is 0 Å². The summed E-state index contributed by atoms with van der Waals surface area (Å²) in [6.45, 7) is 0.810. The number of nitrogens with one attached hydrogen (secondary N) is 1. The zero-order valence-electron chi connectivity index (χ0n) is 16.9. The average Bonchev–Trinajstić information content (AvgIpc) is 2.73. The van der Waals surface area contributed by atoms with Gasteiger partial charge in [0.1, 0.15) is 11.4 Å². The number of fused-ring (bicyclic) bond motifs is 3. The Labute approximate surface area is 171 Å². The van der Waals surface area contributed by atoms with Crippen LogP contribution in [0, 0.1) is 16.0 Å². The van der Waals surface area contributed by atoms with Gasteiger partial charge in [-0.05, 0) is 73.4 Å². The molecule has 0 heterocycles. The van der Waals surface area contributed by atoms with Crippen molar-refractivity contribution in [3.05, 3.63) is 57.6 Å². The minimum absolute atomic E-state index is 0.0465. The molecule has 1 saturated carbocycles. The second-order valence-electron chi connectivity index (χ2n) is 8.37. The number of rotatable bonds is 6. The Hall–Kier alpha value is -2.76. The summed E-state index contributed by atoms with van der Waals surface area (Å²) in [6.07, 6.45) is 8.52. The maximum Gasteiger partial charge on any atom is 0.292 e. The van der Waals surface area contributed by atoms with Gasteiger partial charge in [-0.3, -0.25) is 10.1 Å². The van der Waals surface area contributed by atoms with Gasteiger partial charge in [-0.15, -0.1) is 0 Å². The van der Waals surface area contributed by atoms with Gasteiger partial charge in [0, 0.05) is 23.7 Å². The van der Waals surface area contributed by atoms with Crippen molar-refractivity contribution in [2.24, 2.45) is 5.92 Å². The summed E-state index contributed by atoms with van der Waals surface area (Å²) < 4.78 is 5.54. The summed E-state index contributed by atoms with van der Waals surface area (Å²) in [6, 6.07) is 11.4. The van der Waals surface area contributed by atoms with Crippen molar-refractivity contribution in [1.82, 2.24) is 0 Å². The number of benzene rings is 2. The second-order valence-corrected chi connectivity index (χ2v) is 8.37. The summed E-state index contributed by atoms with van der Waals surface area (Å²) in [5.74, 6) is 1.64. The van der Waals surface area contributed by atoms with Crippen LogP contribution in [0.1, 0.15) is 49.7 Å². The summed E-state index contributed by atoms with van der Waals surface area (Å²) in [5.41, 5.74) is 9.93. The van der Waals surface area contributed by atoms with Gasteiger partial charge in [-0.25, -0.2) is 0 Å². The number of ether oxygens (including phenoxy) is 1. The van der Waals surface area contributed by atoms with E-state index in [1.165, 1.54) is 49.3 Å². The van der Waals surface area contributed by atoms with E-state index in [0.717, 1.165) is 30.8 Å². The van der Waals surface area contributed by atoms with Gasteiger partial charge in [0.25, 0.3) is 5.69 Å². The lowest BCUT2D eigenvalue weighted by atomic mass is 9.56. The Morgan fingerprint density at radius 2 is 2.10 bits per heavy atom. The van der Waals surface area contributed by atoms with Crippen molar-refractivity contribution in [1.29, 1.82) is 0 Å². The van der Waals surface area contributed by atoms with E-state index >= 15 is 0 Å². The monoisotopic (exact) mass is 395 g/mol. The summed E-state index contributed by atoms with van der Waals surface area (Å²) in [7, 11) is 1.73. The molecule has 0 aliphatic heterocycles. The molecule has 0 bridgehead atoms. The molecular weight excluding hydrogens is 366 g/mol. The zero-order valence-corrected chi connectivity index (χ0v) is 16.9. The highest BCUT2D eigenvalue weighted by atomic mass is 16.6. The second kappa shape index (κ2) is 7.93. The number of nitro benzene ring substituents is 1. The average molecular weight is 396 g/mol. The van der Waals surface area contributed by atoms with Gasteiger partial charge in [-0.2, -0.15) is 0 Å². The number of methoxy groups -OCH3 is 1. The fraction of sp³-hybridized carbons (Fsp3) is 0.478. The molecule has 3 N–H and O–H groups in total. The molecule has 1 unspecified atom stereocenters. The summed E-state index contributed by atoms with van der Waals surface area (Å²) in [5, 5.41) is 14.4. The van der Waals surface area contributed by atoms with Crippen LogP contribution in [0.4, 0.5) is 17.1 Å². The molecule has 6 nitrogen and oxygen atoms in total. The minimum Gasteiger partial charge on any atom is -0.497 e. The van der Waals surface area contributed by atoms with Crippen LogP contribution in [0.25, 0.3) is 0 Å². The van der Waals surface area contributed by atoms with Gasteiger partial charge < -0.3 is 15.8 Å². The van der Waals surface area contributed by atoms with Crippen LogP contribution in [-0.4, -0.2) is 18.6 Å². The quantitative estimate of drug-likeness (QED) is 0.405. The SMILES string of the molecule is COc1ccc2c(c1)[C@]1(CCNc3ccc([N+](=O)[O-])c(N)c3)CCCCC1CC2. The fourth-order valence-corrected chi connectivity index (χ4v) is 5.51. The number of nitrogen functional groups attached to an aromatic ring is 1.